The molecule has 0 atom stereocenters. The van der Waals surface area contributed by atoms with E-state index in [1.807, 2.05) is 0 Å². The Bertz CT molecular complexity index is 14.9. The molecule has 7 heavy (non-hydrogen) atoms. The first-order valence-corrected chi connectivity index (χ1v) is 1.64. The van der Waals surface area contributed by atoms with E-state index in [0.717, 1.165) is 0 Å². The predicted molar refractivity (Wildman–Crippen MR) is 24.2 cm³/mol. The molecule has 0 rings (SSSR count). The molecule has 0 fully saturated rings. The summed E-state index contributed by atoms with van der Waals surface area (Å²) in [6.07, 6.45) is 0. The number of hydrogen-bond donors (Lipinski definition) is 0. The van der Waals surface area contributed by atoms with Crippen molar-refractivity contribution in [2.75, 3.05) is 0 Å². The van der Waals surface area contributed by atoms with E-state index in [1.165, 1.54) is 0 Å². The van der Waals surface area contributed by atoms with Gasteiger partial charge in [-0.05, 0) is 0 Å². The smallest absolute Gasteiger partial charge is 0.854 e. The van der Waals surface area contributed by atoms with Crippen LogP contribution in [-0.2, 0) is 0 Å². The van der Waals surface area contributed by atoms with Gasteiger partial charge in [-0.25, -0.2) is 0 Å². The normalized spacial score (nSPS) is 5.14. The van der Waals surface area contributed by atoms with E-state index in [0.29, 0.717) is 0 Å². The molecule has 0 aromatic carbocycles. The maximum absolute atomic E-state index is 8.48. The van der Waals surface area contributed by atoms with Crippen LogP contribution in [-0.4, -0.2) is 81.9 Å². The second-order valence-corrected chi connectivity index (χ2v) is 0.671. The molecule has 0 saturated heterocycles. The molecule has 0 N–H and O–H groups in total. The molecular formula is O3PTl3. The first kappa shape index (κ1) is 22.5. The molecule has 0 aliphatic heterocycles. The largest absolute Gasteiger partial charge is 1.00 e. The first-order chi connectivity index (χ1) is 1.73. The van der Waals surface area contributed by atoms with Gasteiger partial charge in [-0.1, -0.05) is 0 Å². The summed E-state index contributed by atoms with van der Waals surface area (Å²) in [5, 5.41) is 0. The van der Waals surface area contributed by atoms with Crippen molar-refractivity contribution in [3.05, 3.63) is 0 Å². The van der Waals surface area contributed by atoms with Crippen molar-refractivity contribution in [2.24, 2.45) is 0 Å². The second-order valence-electron chi connectivity index (χ2n) is 0.224. The van der Waals surface area contributed by atoms with Crippen molar-refractivity contribution >= 4 is 90.5 Å². The molecule has 32 valence electrons. The molecule has 0 bridgehead atoms. The van der Waals surface area contributed by atoms with Crippen molar-refractivity contribution in [1.82, 2.24) is 0 Å². The number of rotatable bonds is 0. The van der Waals surface area contributed by atoms with Crippen LogP contribution >= 0.6 is 8.60 Å². The van der Waals surface area contributed by atoms with E-state index in [-0.39, 0.29) is 81.9 Å². The molecule has 0 heterocycles. The van der Waals surface area contributed by atoms with E-state index in [2.05, 4.69) is 0 Å². The van der Waals surface area contributed by atoms with Gasteiger partial charge < -0.3 is 23.3 Å². The average molecular weight is 692 g/mol. The zero-order valence-corrected chi connectivity index (χ0v) is 17.8. The van der Waals surface area contributed by atoms with E-state index < -0.39 is 8.60 Å². The Labute approximate surface area is 103 Å². The average Bonchev–Trinajstić information content (AvgIpc) is 0.811. The van der Waals surface area contributed by atoms with Gasteiger partial charge in [0, 0.05) is 0 Å². The molecule has 0 radical (unpaired) electrons. The Morgan fingerprint density at radius 1 is 0.714 bits per heavy atom. The van der Waals surface area contributed by atoms with E-state index in [9.17, 15) is 0 Å². The molecule has 0 amide bonds. The summed E-state index contributed by atoms with van der Waals surface area (Å²) in [4.78, 5) is 25.4. The topological polar surface area (TPSA) is 69.2 Å². The SMILES string of the molecule is [O-]P([O-])[O-].[Tl+].[Tl+].[Tl+]. The van der Waals surface area contributed by atoms with Crippen LogP contribution in [0.1, 0.15) is 0 Å². The van der Waals surface area contributed by atoms with Crippen molar-refractivity contribution in [3.8, 4) is 0 Å². The Kier molecular flexibility index (Phi) is 51.5. The fourth-order valence-corrected chi connectivity index (χ4v) is 0. The minimum atomic E-state index is -3.37. The van der Waals surface area contributed by atoms with Gasteiger partial charge in [0.05, 0.1) is 0 Å². The van der Waals surface area contributed by atoms with Crippen LogP contribution < -0.4 is 14.7 Å². The summed E-state index contributed by atoms with van der Waals surface area (Å²) < 4.78 is 0. The Morgan fingerprint density at radius 2 is 0.714 bits per heavy atom. The molecule has 0 spiro atoms. The van der Waals surface area contributed by atoms with Crippen LogP contribution in [0, 0.1) is 0 Å². The van der Waals surface area contributed by atoms with Crippen LogP contribution in [0.25, 0.3) is 0 Å². The summed E-state index contributed by atoms with van der Waals surface area (Å²) in [7, 11) is -3.37. The van der Waals surface area contributed by atoms with Gasteiger partial charge >= 0.3 is 81.9 Å². The summed E-state index contributed by atoms with van der Waals surface area (Å²) in [5.74, 6) is 0. The van der Waals surface area contributed by atoms with Crippen molar-refractivity contribution in [2.45, 2.75) is 0 Å². The Hall–Kier alpha value is 3.08. The maximum Gasteiger partial charge on any atom is 1.00 e. The van der Waals surface area contributed by atoms with Gasteiger partial charge in [0.1, 0.15) is 0 Å². The van der Waals surface area contributed by atoms with Crippen molar-refractivity contribution in [3.63, 3.8) is 0 Å². The van der Waals surface area contributed by atoms with E-state index in [1.54, 1.807) is 0 Å². The third-order valence-electron chi connectivity index (χ3n) is 0. The fourth-order valence-electron chi connectivity index (χ4n) is 0. The van der Waals surface area contributed by atoms with Gasteiger partial charge in [0.15, 0.2) is 0 Å². The minimum Gasteiger partial charge on any atom is -0.854 e. The molecular weight excluding hydrogens is 692 g/mol. The van der Waals surface area contributed by atoms with Crippen molar-refractivity contribution in [1.29, 1.82) is 0 Å². The molecule has 0 aliphatic carbocycles. The standard InChI is InChI=1S/O3P.3Tl/c1-4(2)3;;;/q-3;3*+1. The summed E-state index contributed by atoms with van der Waals surface area (Å²) in [6, 6.07) is 0. The minimum absolute atomic E-state index is 0. The third-order valence-corrected chi connectivity index (χ3v) is 0. The molecule has 7 heteroatoms. The molecule has 0 saturated carbocycles. The zero-order valence-electron chi connectivity index (χ0n) is 3.40. The quantitative estimate of drug-likeness (QED) is 0.193. The summed E-state index contributed by atoms with van der Waals surface area (Å²) in [5.41, 5.74) is 0. The van der Waals surface area contributed by atoms with E-state index in [4.69, 9.17) is 14.7 Å². The first-order valence-electron chi connectivity index (χ1n) is 0.548. The van der Waals surface area contributed by atoms with Crippen LogP contribution in [0.15, 0.2) is 0 Å². The summed E-state index contributed by atoms with van der Waals surface area (Å²) >= 11 is 0. The van der Waals surface area contributed by atoms with Crippen LogP contribution in [0.5, 0.6) is 0 Å². The predicted octanol–water partition coefficient (Wildman–Crippen LogP) is -3.85. The third kappa shape index (κ3) is 48.0. The van der Waals surface area contributed by atoms with E-state index >= 15 is 0 Å². The molecule has 0 aliphatic rings. The molecule has 0 unspecified atom stereocenters. The Balaban J connectivity index is -0.0000000150. The van der Waals surface area contributed by atoms with Gasteiger partial charge in [-0.15, -0.1) is 0 Å². The van der Waals surface area contributed by atoms with Gasteiger partial charge in [-0.3, -0.25) is 0 Å². The zero-order chi connectivity index (χ0) is 3.58. The molecule has 0 aromatic rings. The van der Waals surface area contributed by atoms with Gasteiger partial charge in [-0.2, -0.15) is 0 Å². The second kappa shape index (κ2) is 16.0. The number of hydrogen-bond acceptors (Lipinski definition) is 3. The monoisotopic (exact) mass is 694 g/mol. The molecule has 3 nitrogen and oxygen atoms in total. The van der Waals surface area contributed by atoms with Crippen LogP contribution in [0.2, 0.25) is 0 Å². The van der Waals surface area contributed by atoms with Gasteiger partial charge in [0.25, 0.3) is 0 Å². The van der Waals surface area contributed by atoms with Crippen LogP contribution in [0.4, 0.5) is 0 Å². The summed E-state index contributed by atoms with van der Waals surface area (Å²) in [6.45, 7) is 0. The van der Waals surface area contributed by atoms with Crippen molar-refractivity contribution < 1.29 is 14.7 Å². The molecule has 0 aromatic heterocycles. The fraction of sp³-hybridized carbons (Fsp3) is 0. The van der Waals surface area contributed by atoms with Crippen LogP contribution in [0.3, 0.4) is 0 Å². The Morgan fingerprint density at radius 3 is 0.714 bits per heavy atom. The van der Waals surface area contributed by atoms with Gasteiger partial charge in [0.2, 0.25) is 0 Å². The maximum atomic E-state index is 8.48.